The number of aliphatic carboxylic acids is 1. The standard InChI is InChI=1S/C11H21NO5S/c1-2-17-8-9-18(15,16)12-7-5-3-4-6-10(12)11(13)14/h10H,2-9H2,1H3,(H,13,14). The number of sulfonamides is 1. The number of hydrogen-bond acceptors (Lipinski definition) is 4. The van der Waals surface area contributed by atoms with Crippen LogP contribution in [0.1, 0.15) is 32.6 Å². The first-order valence-corrected chi connectivity index (χ1v) is 7.90. The van der Waals surface area contributed by atoms with Gasteiger partial charge in [0.1, 0.15) is 6.04 Å². The predicted octanol–water partition coefficient (Wildman–Crippen LogP) is 0.682. The molecule has 0 spiro atoms. The summed E-state index contributed by atoms with van der Waals surface area (Å²) in [6, 6.07) is -0.917. The highest BCUT2D eigenvalue weighted by Crippen LogP contribution is 2.20. The second kappa shape index (κ2) is 7.06. The van der Waals surface area contributed by atoms with Crippen LogP contribution in [0.2, 0.25) is 0 Å². The molecule has 1 N–H and O–H groups in total. The topological polar surface area (TPSA) is 83.9 Å². The maximum Gasteiger partial charge on any atom is 0.322 e. The van der Waals surface area contributed by atoms with Gasteiger partial charge in [0.2, 0.25) is 10.0 Å². The molecule has 1 fully saturated rings. The van der Waals surface area contributed by atoms with Crippen molar-refractivity contribution in [3.05, 3.63) is 0 Å². The van der Waals surface area contributed by atoms with Gasteiger partial charge in [-0.15, -0.1) is 0 Å². The van der Waals surface area contributed by atoms with Gasteiger partial charge < -0.3 is 9.84 Å². The molecule has 6 nitrogen and oxygen atoms in total. The van der Waals surface area contributed by atoms with Crippen LogP contribution in [0, 0.1) is 0 Å². The summed E-state index contributed by atoms with van der Waals surface area (Å²) in [6.07, 6.45) is 2.75. The molecule has 0 aromatic rings. The summed E-state index contributed by atoms with van der Waals surface area (Å²) in [7, 11) is -3.55. The van der Waals surface area contributed by atoms with Gasteiger partial charge in [-0.2, -0.15) is 4.31 Å². The third-order valence-corrected chi connectivity index (χ3v) is 4.87. The Hall–Kier alpha value is -0.660. The fourth-order valence-electron chi connectivity index (χ4n) is 2.09. The van der Waals surface area contributed by atoms with Crippen molar-refractivity contribution in [3.8, 4) is 0 Å². The molecule has 0 bridgehead atoms. The fraction of sp³-hybridized carbons (Fsp3) is 0.909. The Labute approximate surface area is 108 Å². The second-order valence-electron chi connectivity index (χ2n) is 4.33. The lowest BCUT2D eigenvalue weighted by atomic mass is 10.1. The Kier molecular flexibility index (Phi) is 6.04. The van der Waals surface area contributed by atoms with Gasteiger partial charge in [-0.1, -0.05) is 12.8 Å². The van der Waals surface area contributed by atoms with E-state index in [1.54, 1.807) is 6.92 Å². The Morgan fingerprint density at radius 2 is 2.11 bits per heavy atom. The molecule has 1 aliphatic heterocycles. The molecule has 1 aliphatic rings. The van der Waals surface area contributed by atoms with E-state index in [2.05, 4.69) is 0 Å². The normalized spacial score (nSPS) is 22.6. The van der Waals surface area contributed by atoms with Crippen LogP contribution >= 0.6 is 0 Å². The Morgan fingerprint density at radius 3 is 2.72 bits per heavy atom. The number of carbonyl (C=O) groups is 1. The molecule has 0 aromatic carbocycles. The largest absolute Gasteiger partial charge is 0.480 e. The maximum atomic E-state index is 12.1. The zero-order valence-electron chi connectivity index (χ0n) is 10.7. The fourth-order valence-corrected chi connectivity index (χ4v) is 3.64. The van der Waals surface area contributed by atoms with Crippen LogP contribution < -0.4 is 0 Å². The molecule has 1 saturated heterocycles. The minimum atomic E-state index is -3.55. The smallest absolute Gasteiger partial charge is 0.322 e. The quantitative estimate of drug-likeness (QED) is 0.723. The highest BCUT2D eigenvalue weighted by atomic mass is 32.2. The van der Waals surface area contributed by atoms with Gasteiger partial charge >= 0.3 is 5.97 Å². The van der Waals surface area contributed by atoms with E-state index < -0.39 is 22.0 Å². The van der Waals surface area contributed by atoms with Crippen molar-refractivity contribution in [3.63, 3.8) is 0 Å². The number of hydrogen-bond donors (Lipinski definition) is 1. The number of ether oxygens (including phenoxy) is 1. The Balaban J connectivity index is 2.77. The zero-order valence-corrected chi connectivity index (χ0v) is 11.5. The summed E-state index contributed by atoms with van der Waals surface area (Å²) in [5.41, 5.74) is 0. The molecule has 0 amide bonds. The average molecular weight is 279 g/mol. The Bertz CT molecular complexity index is 368. The van der Waals surface area contributed by atoms with Crippen LogP contribution in [-0.4, -0.2) is 55.4 Å². The minimum Gasteiger partial charge on any atom is -0.480 e. The molecule has 7 heteroatoms. The lowest BCUT2D eigenvalue weighted by molar-refractivity contribution is -0.141. The van der Waals surface area contributed by atoms with Crippen LogP contribution in [0.3, 0.4) is 0 Å². The number of nitrogens with zero attached hydrogens (tertiary/aromatic N) is 1. The van der Waals surface area contributed by atoms with Gasteiger partial charge in [0.05, 0.1) is 12.4 Å². The summed E-state index contributed by atoms with van der Waals surface area (Å²) >= 11 is 0. The summed E-state index contributed by atoms with van der Waals surface area (Å²) in [6.45, 7) is 2.66. The van der Waals surface area contributed by atoms with E-state index in [4.69, 9.17) is 9.84 Å². The van der Waals surface area contributed by atoms with Crippen LogP contribution in [0.4, 0.5) is 0 Å². The van der Waals surface area contributed by atoms with E-state index >= 15 is 0 Å². The molecular weight excluding hydrogens is 258 g/mol. The van der Waals surface area contributed by atoms with Gasteiger partial charge in [-0.3, -0.25) is 4.79 Å². The van der Waals surface area contributed by atoms with Crippen LogP contribution in [-0.2, 0) is 19.6 Å². The van der Waals surface area contributed by atoms with Crippen LogP contribution in [0.15, 0.2) is 0 Å². The summed E-state index contributed by atoms with van der Waals surface area (Å²) in [5, 5.41) is 9.13. The number of rotatable bonds is 6. The highest BCUT2D eigenvalue weighted by Gasteiger charge is 2.35. The molecule has 1 unspecified atom stereocenters. The molecule has 1 atom stereocenters. The van der Waals surface area contributed by atoms with Gasteiger partial charge in [0.15, 0.2) is 0 Å². The molecular formula is C11H21NO5S. The molecule has 1 rings (SSSR count). The summed E-state index contributed by atoms with van der Waals surface area (Å²) in [4.78, 5) is 11.2. The predicted molar refractivity (Wildman–Crippen MR) is 66.9 cm³/mol. The average Bonchev–Trinajstić information content (AvgIpc) is 2.54. The molecule has 1 heterocycles. The van der Waals surface area contributed by atoms with Crippen molar-refractivity contribution in [2.24, 2.45) is 0 Å². The maximum absolute atomic E-state index is 12.1. The lowest BCUT2D eigenvalue weighted by Gasteiger charge is -2.25. The van der Waals surface area contributed by atoms with E-state index in [-0.39, 0.29) is 12.4 Å². The third-order valence-electron chi connectivity index (χ3n) is 3.04. The first kappa shape index (κ1) is 15.4. The van der Waals surface area contributed by atoms with Crippen molar-refractivity contribution >= 4 is 16.0 Å². The van der Waals surface area contributed by atoms with E-state index in [9.17, 15) is 13.2 Å². The van der Waals surface area contributed by atoms with Gasteiger partial charge in [-0.05, 0) is 19.8 Å². The molecule has 0 aliphatic carbocycles. The van der Waals surface area contributed by atoms with Crippen molar-refractivity contribution < 1.29 is 23.1 Å². The van der Waals surface area contributed by atoms with E-state index in [1.807, 2.05) is 0 Å². The Morgan fingerprint density at radius 1 is 1.39 bits per heavy atom. The first-order chi connectivity index (χ1) is 8.49. The number of carboxylic acid groups (broad SMARTS) is 1. The molecule has 106 valence electrons. The van der Waals surface area contributed by atoms with Crippen molar-refractivity contribution in [2.75, 3.05) is 25.5 Å². The minimum absolute atomic E-state index is 0.113. The van der Waals surface area contributed by atoms with E-state index in [0.29, 0.717) is 19.6 Å². The monoisotopic (exact) mass is 279 g/mol. The summed E-state index contributed by atoms with van der Waals surface area (Å²) in [5.74, 6) is -1.21. The molecule has 0 radical (unpaired) electrons. The highest BCUT2D eigenvalue weighted by molar-refractivity contribution is 7.89. The van der Waals surface area contributed by atoms with Gasteiger partial charge in [-0.25, -0.2) is 8.42 Å². The van der Waals surface area contributed by atoms with E-state index in [0.717, 1.165) is 23.6 Å². The molecule has 0 saturated carbocycles. The third kappa shape index (κ3) is 4.22. The van der Waals surface area contributed by atoms with Crippen LogP contribution in [0.5, 0.6) is 0 Å². The van der Waals surface area contributed by atoms with Gasteiger partial charge in [0, 0.05) is 13.2 Å². The van der Waals surface area contributed by atoms with E-state index in [1.165, 1.54) is 0 Å². The second-order valence-corrected chi connectivity index (χ2v) is 6.37. The zero-order chi connectivity index (χ0) is 13.6. The number of carboxylic acids is 1. The summed E-state index contributed by atoms with van der Waals surface area (Å²) < 4.78 is 30.4. The lowest BCUT2D eigenvalue weighted by Crippen LogP contribution is -2.46. The van der Waals surface area contributed by atoms with Crippen LogP contribution in [0.25, 0.3) is 0 Å². The first-order valence-electron chi connectivity index (χ1n) is 6.29. The van der Waals surface area contributed by atoms with Gasteiger partial charge in [0.25, 0.3) is 0 Å². The molecule has 18 heavy (non-hydrogen) atoms. The SMILES string of the molecule is CCOCCS(=O)(=O)N1CCCCCC1C(=O)O. The van der Waals surface area contributed by atoms with Crippen molar-refractivity contribution in [1.82, 2.24) is 4.31 Å². The molecule has 0 aromatic heterocycles. The van der Waals surface area contributed by atoms with Crippen molar-refractivity contribution in [2.45, 2.75) is 38.6 Å². The van der Waals surface area contributed by atoms with Crippen molar-refractivity contribution in [1.29, 1.82) is 0 Å².